The molecule has 0 saturated heterocycles. The second-order valence-electron chi connectivity index (χ2n) is 10.2. The highest BCUT2D eigenvalue weighted by atomic mass is 19.1. The van der Waals surface area contributed by atoms with Gasteiger partial charge in [0, 0.05) is 24.0 Å². The number of halogens is 1. The van der Waals surface area contributed by atoms with Crippen molar-refractivity contribution in [1.82, 2.24) is 25.0 Å². The molecule has 6 nitrogen and oxygen atoms in total. The van der Waals surface area contributed by atoms with E-state index in [1.807, 2.05) is 29.1 Å². The summed E-state index contributed by atoms with van der Waals surface area (Å²) in [6, 6.07) is 13.5. The van der Waals surface area contributed by atoms with Crippen molar-refractivity contribution in [3.05, 3.63) is 77.6 Å². The van der Waals surface area contributed by atoms with Crippen molar-refractivity contribution in [3.8, 4) is 0 Å². The van der Waals surface area contributed by atoms with Crippen LogP contribution < -0.4 is 5.32 Å². The maximum absolute atomic E-state index is 13.6. The fourth-order valence-corrected chi connectivity index (χ4v) is 4.01. The Morgan fingerprint density at radius 3 is 2.61 bits per heavy atom. The Labute approximate surface area is 193 Å². The van der Waals surface area contributed by atoms with E-state index in [9.17, 15) is 4.39 Å². The van der Waals surface area contributed by atoms with E-state index in [1.54, 1.807) is 6.33 Å². The van der Waals surface area contributed by atoms with Crippen LogP contribution in [0.3, 0.4) is 0 Å². The average Bonchev–Trinajstić information content (AvgIpc) is 3.53. The number of aromatic nitrogens is 5. The topological polar surface area (TPSA) is 68.5 Å². The van der Waals surface area contributed by atoms with Crippen molar-refractivity contribution < 1.29 is 4.39 Å². The van der Waals surface area contributed by atoms with E-state index in [0.717, 1.165) is 59.3 Å². The number of hydrogen-bond donors (Lipinski definition) is 1. The molecule has 2 aromatic carbocycles. The largest absolute Gasteiger partial charge is 0.369 e. The Bertz CT molecular complexity index is 1250. The van der Waals surface area contributed by atoms with Gasteiger partial charge in [-0.05, 0) is 60.1 Å². The summed E-state index contributed by atoms with van der Waals surface area (Å²) in [5, 5.41) is 13.3. The first-order valence-electron chi connectivity index (χ1n) is 11.5. The zero-order valence-electron chi connectivity index (χ0n) is 19.3. The summed E-state index contributed by atoms with van der Waals surface area (Å²) in [4.78, 5) is 8.94. The van der Waals surface area contributed by atoms with Gasteiger partial charge in [-0.2, -0.15) is 0 Å². The minimum atomic E-state index is -0.239. The molecule has 0 spiro atoms. The van der Waals surface area contributed by atoms with E-state index in [4.69, 9.17) is 0 Å². The second-order valence-corrected chi connectivity index (χ2v) is 10.2. The van der Waals surface area contributed by atoms with E-state index in [0.29, 0.717) is 6.04 Å². The third-order valence-corrected chi connectivity index (χ3v) is 6.00. The quantitative estimate of drug-likeness (QED) is 0.406. The zero-order chi connectivity index (χ0) is 23.0. The highest BCUT2D eigenvalue weighted by Gasteiger charge is 2.27. The summed E-state index contributed by atoms with van der Waals surface area (Å²) >= 11 is 0. The molecule has 1 aliphatic rings. The van der Waals surface area contributed by atoms with Crippen LogP contribution in [0, 0.1) is 11.2 Å². The van der Waals surface area contributed by atoms with Crippen LogP contribution in [0.5, 0.6) is 0 Å². The molecule has 2 aromatic heterocycles. The smallest absolute Gasteiger partial charge is 0.137 e. The van der Waals surface area contributed by atoms with E-state index in [1.165, 1.54) is 12.1 Å². The molecule has 0 radical (unpaired) electrons. The molecular formula is C26H29FN6. The molecule has 5 rings (SSSR count). The van der Waals surface area contributed by atoms with Gasteiger partial charge < -0.3 is 5.32 Å². The minimum Gasteiger partial charge on any atom is -0.369 e. The Morgan fingerprint density at radius 2 is 1.88 bits per heavy atom. The molecule has 2 heterocycles. The number of anilines is 1. The normalized spacial score (nSPS) is 15.0. The number of fused-ring (bicyclic) bond motifs is 1. The van der Waals surface area contributed by atoms with E-state index >= 15 is 0 Å². The highest BCUT2D eigenvalue weighted by molar-refractivity contribution is 5.89. The number of hydrogen-bond acceptors (Lipinski definition) is 5. The monoisotopic (exact) mass is 444 g/mol. The highest BCUT2D eigenvalue weighted by Crippen LogP contribution is 2.36. The Hall–Kier alpha value is -3.35. The van der Waals surface area contributed by atoms with Crippen LogP contribution in [-0.2, 0) is 6.42 Å². The third-order valence-electron chi connectivity index (χ3n) is 6.00. The fraction of sp³-hybridized carbons (Fsp3) is 0.385. The van der Waals surface area contributed by atoms with Gasteiger partial charge in [0.05, 0.1) is 17.3 Å². The lowest BCUT2D eigenvalue weighted by Gasteiger charge is -2.20. The zero-order valence-corrected chi connectivity index (χ0v) is 19.3. The Morgan fingerprint density at radius 1 is 1.09 bits per heavy atom. The molecule has 1 aliphatic carbocycles. The first-order chi connectivity index (χ1) is 15.9. The number of rotatable bonds is 7. The molecule has 7 heteroatoms. The molecule has 0 unspecified atom stereocenters. The average molecular weight is 445 g/mol. The van der Waals surface area contributed by atoms with Crippen LogP contribution in [-0.4, -0.2) is 31.5 Å². The van der Waals surface area contributed by atoms with Gasteiger partial charge in [-0.1, -0.05) is 44.2 Å². The van der Waals surface area contributed by atoms with Crippen LogP contribution in [0.15, 0.2) is 55.0 Å². The molecule has 0 bridgehead atoms. The molecule has 4 aromatic rings. The van der Waals surface area contributed by atoms with Gasteiger partial charge in [-0.25, -0.2) is 19.0 Å². The molecule has 1 fully saturated rings. The van der Waals surface area contributed by atoms with Gasteiger partial charge in [0.2, 0.25) is 0 Å². The van der Waals surface area contributed by atoms with Crippen molar-refractivity contribution in [2.75, 3.05) is 11.9 Å². The number of nitrogens with one attached hydrogen (secondary N) is 1. The van der Waals surface area contributed by atoms with Crippen LogP contribution >= 0.6 is 0 Å². The molecule has 1 N–H and O–H groups in total. The minimum absolute atomic E-state index is 0.0221. The summed E-state index contributed by atoms with van der Waals surface area (Å²) < 4.78 is 15.6. The number of benzene rings is 2. The van der Waals surface area contributed by atoms with Gasteiger partial charge in [-0.3, -0.25) is 0 Å². The van der Waals surface area contributed by atoms with Crippen molar-refractivity contribution in [1.29, 1.82) is 0 Å². The lowest BCUT2D eigenvalue weighted by atomic mass is 9.89. The van der Waals surface area contributed by atoms with Gasteiger partial charge in [0.1, 0.15) is 18.0 Å². The van der Waals surface area contributed by atoms with Crippen molar-refractivity contribution in [2.45, 2.75) is 52.0 Å². The molecule has 0 aliphatic heterocycles. The van der Waals surface area contributed by atoms with Crippen LogP contribution in [0.1, 0.15) is 62.4 Å². The van der Waals surface area contributed by atoms with Crippen LogP contribution in [0.4, 0.5) is 10.2 Å². The first kappa shape index (κ1) is 21.5. The van der Waals surface area contributed by atoms with E-state index in [-0.39, 0.29) is 17.2 Å². The van der Waals surface area contributed by atoms with Crippen molar-refractivity contribution >= 4 is 16.7 Å². The molecule has 170 valence electrons. The molecular weight excluding hydrogens is 415 g/mol. The van der Waals surface area contributed by atoms with Crippen molar-refractivity contribution in [3.63, 3.8) is 0 Å². The summed E-state index contributed by atoms with van der Waals surface area (Å²) in [7, 11) is 0. The Kier molecular flexibility index (Phi) is 5.56. The summed E-state index contributed by atoms with van der Waals surface area (Å²) in [6.07, 6.45) is 6.67. The summed E-state index contributed by atoms with van der Waals surface area (Å²) in [5.74, 6) is 0.581. The second kappa shape index (κ2) is 8.54. The fourth-order valence-electron chi connectivity index (χ4n) is 4.01. The van der Waals surface area contributed by atoms with Gasteiger partial charge >= 0.3 is 0 Å². The summed E-state index contributed by atoms with van der Waals surface area (Å²) in [6.45, 7) is 7.39. The lowest BCUT2D eigenvalue weighted by molar-refractivity contribution is 0.442. The molecule has 33 heavy (non-hydrogen) atoms. The summed E-state index contributed by atoms with van der Waals surface area (Å²) in [5.41, 5.74) is 4.11. The standard InChI is InChI=1S/C26H29FN6/c1-26(2,3)15-28-25-22-13-17(4-11-23(22)29-16-30-25)12-21(18-5-7-19(27)8-6-18)24-14-33(32-31-24)20-9-10-20/h4-8,11,13-14,16,20-21H,9-10,12,15H2,1-3H3,(H,28,29,30)/t21-/m0/s1. The SMILES string of the molecule is CC(C)(C)CNc1ncnc2ccc(C[C@@H](c3ccc(F)cc3)c3cn(C4CC4)nn3)cc12. The van der Waals surface area contributed by atoms with Gasteiger partial charge in [0.15, 0.2) is 0 Å². The third kappa shape index (κ3) is 5.02. The molecule has 1 saturated carbocycles. The maximum atomic E-state index is 13.6. The lowest BCUT2D eigenvalue weighted by Crippen LogP contribution is -2.19. The predicted octanol–water partition coefficient (Wildman–Crippen LogP) is 5.53. The van der Waals surface area contributed by atoms with Crippen LogP contribution in [0.2, 0.25) is 0 Å². The van der Waals surface area contributed by atoms with Crippen LogP contribution in [0.25, 0.3) is 10.9 Å². The van der Waals surface area contributed by atoms with Gasteiger partial charge in [-0.15, -0.1) is 5.10 Å². The first-order valence-corrected chi connectivity index (χ1v) is 11.5. The number of nitrogens with zero attached hydrogens (tertiary/aromatic N) is 5. The van der Waals surface area contributed by atoms with E-state index in [2.05, 4.69) is 58.5 Å². The molecule has 0 amide bonds. The maximum Gasteiger partial charge on any atom is 0.137 e. The predicted molar refractivity (Wildman–Crippen MR) is 128 cm³/mol. The van der Waals surface area contributed by atoms with E-state index < -0.39 is 0 Å². The molecule has 1 atom stereocenters. The van der Waals surface area contributed by atoms with Gasteiger partial charge in [0.25, 0.3) is 0 Å². The van der Waals surface area contributed by atoms with Crippen molar-refractivity contribution in [2.24, 2.45) is 5.41 Å². The Balaban J connectivity index is 1.48.